The van der Waals surface area contributed by atoms with Gasteiger partial charge in [-0.1, -0.05) is 53.7 Å². The lowest BCUT2D eigenvalue weighted by Gasteiger charge is -2.16. The smallest absolute Gasteiger partial charge is 0.262 e. The van der Waals surface area contributed by atoms with Crippen molar-refractivity contribution in [2.75, 3.05) is 17.2 Å². The molecular formula is C26H23N3O4S. The second-order valence-electron chi connectivity index (χ2n) is 7.39. The highest BCUT2D eigenvalue weighted by atomic mass is 32.2. The molecule has 2 amide bonds. The molecule has 0 aliphatic carbocycles. The van der Waals surface area contributed by atoms with Gasteiger partial charge in [0.2, 0.25) is 5.91 Å². The zero-order valence-corrected chi connectivity index (χ0v) is 19.2. The van der Waals surface area contributed by atoms with Crippen LogP contribution in [0.15, 0.2) is 100 Å². The second kappa shape index (κ2) is 11.2. The van der Waals surface area contributed by atoms with Gasteiger partial charge in [0.15, 0.2) is 12.4 Å². The summed E-state index contributed by atoms with van der Waals surface area (Å²) in [6.45, 7) is 1.68. The topological polar surface area (TPSA) is 93.5 Å². The Labute approximate surface area is 201 Å². The van der Waals surface area contributed by atoms with E-state index < -0.39 is 5.25 Å². The lowest BCUT2D eigenvalue weighted by molar-refractivity contribution is -0.118. The van der Waals surface area contributed by atoms with Crippen LogP contribution in [0.2, 0.25) is 0 Å². The SMILES string of the molecule is Cc1cc(NC(=O)C(Sc2ccc(NC(=O)COc3ccccc3)cc2)c2ccccc2)no1. The van der Waals surface area contributed by atoms with Gasteiger partial charge in [-0.05, 0) is 48.9 Å². The van der Waals surface area contributed by atoms with Gasteiger partial charge in [0.1, 0.15) is 16.8 Å². The molecule has 8 heteroatoms. The Morgan fingerprint density at radius 2 is 1.62 bits per heavy atom. The first-order valence-electron chi connectivity index (χ1n) is 10.6. The van der Waals surface area contributed by atoms with E-state index in [0.29, 0.717) is 23.0 Å². The third-order valence-electron chi connectivity index (χ3n) is 4.72. The Hall–Kier alpha value is -4.04. The molecule has 0 radical (unpaired) electrons. The number of hydrogen-bond acceptors (Lipinski definition) is 6. The number of carbonyl (C=O) groups is 2. The van der Waals surface area contributed by atoms with Crippen LogP contribution in [0.3, 0.4) is 0 Å². The predicted molar refractivity (Wildman–Crippen MR) is 132 cm³/mol. The molecule has 0 bridgehead atoms. The van der Waals surface area contributed by atoms with Crippen molar-refractivity contribution in [3.63, 3.8) is 0 Å². The Morgan fingerprint density at radius 1 is 0.941 bits per heavy atom. The molecule has 1 atom stereocenters. The van der Waals surface area contributed by atoms with E-state index in [1.807, 2.05) is 60.7 Å². The number of hydrogen-bond donors (Lipinski definition) is 2. The Bertz CT molecular complexity index is 1230. The highest BCUT2D eigenvalue weighted by molar-refractivity contribution is 8.00. The molecular weight excluding hydrogens is 450 g/mol. The second-order valence-corrected chi connectivity index (χ2v) is 8.57. The first-order valence-corrected chi connectivity index (χ1v) is 11.5. The number of nitrogens with one attached hydrogen (secondary N) is 2. The summed E-state index contributed by atoms with van der Waals surface area (Å²) in [5.74, 6) is 1.16. The number of ether oxygens (including phenoxy) is 1. The van der Waals surface area contributed by atoms with Crippen LogP contribution >= 0.6 is 11.8 Å². The largest absolute Gasteiger partial charge is 0.484 e. The molecule has 4 aromatic rings. The van der Waals surface area contributed by atoms with E-state index >= 15 is 0 Å². The Kier molecular flexibility index (Phi) is 7.62. The maximum absolute atomic E-state index is 13.0. The molecule has 3 aromatic carbocycles. The molecule has 0 spiro atoms. The summed E-state index contributed by atoms with van der Waals surface area (Å²) in [5, 5.41) is 8.97. The maximum atomic E-state index is 13.0. The average Bonchev–Trinajstić information content (AvgIpc) is 3.27. The third kappa shape index (κ3) is 6.49. The van der Waals surface area contributed by atoms with Gasteiger partial charge >= 0.3 is 0 Å². The summed E-state index contributed by atoms with van der Waals surface area (Å²) >= 11 is 1.40. The summed E-state index contributed by atoms with van der Waals surface area (Å²) in [6, 6.07) is 27.7. The van der Waals surface area contributed by atoms with Crippen molar-refractivity contribution in [2.24, 2.45) is 0 Å². The van der Waals surface area contributed by atoms with Crippen molar-refractivity contribution in [3.8, 4) is 5.75 Å². The molecule has 0 aliphatic rings. The van der Waals surface area contributed by atoms with Gasteiger partial charge in [-0.15, -0.1) is 11.8 Å². The van der Waals surface area contributed by atoms with Crippen LogP contribution in [0, 0.1) is 6.92 Å². The molecule has 0 fully saturated rings. The third-order valence-corrected chi connectivity index (χ3v) is 5.99. The van der Waals surface area contributed by atoms with Gasteiger partial charge < -0.3 is 19.9 Å². The quantitative estimate of drug-likeness (QED) is 0.313. The Balaban J connectivity index is 1.39. The van der Waals surface area contributed by atoms with E-state index in [4.69, 9.17) is 9.26 Å². The summed E-state index contributed by atoms with van der Waals surface area (Å²) in [4.78, 5) is 26.1. The van der Waals surface area contributed by atoms with Crippen LogP contribution in [0.1, 0.15) is 16.6 Å². The van der Waals surface area contributed by atoms with Gasteiger partial charge in [0, 0.05) is 16.6 Å². The first-order chi connectivity index (χ1) is 16.6. The standard InChI is InChI=1S/C26H23N3O4S/c1-18-16-23(29-33-18)28-26(31)25(19-8-4-2-5-9-19)34-22-14-12-20(13-15-22)27-24(30)17-32-21-10-6-3-7-11-21/h2-16,25H,17H2,1H3,(H,27,30)(H,28,29,31). The Morgan fingerprint density at radius 3 is 2.26 bits per heavy atom. The highest BCUT2D eigenvalue weighted by Gasteiger charge is 2.23. The molecule has 34 heavy (non-hydrogen) atoms. The maximum Gasteiger partial charge on any atom is 0.262 e. The lowest BCUT2D eigenvalue weighted by atomic mass is 10.1. The summed E-state index contributed by atoms with van der Waals surface area (Å²) in [5.41, 5.74) is 1.51. The number of amides is 2. The van der Waals surface area contributed by atoms with Crippen molar-refractivity contribution in [2.45, 2.75) is 17.1 Å². The van der Waals surface area contributed by atoms with Crippen molar-refractivity contribution in [3.05, 3.63) is 102 Å². The molecule has 0 saturated heterocycles. The van der Waals surface area contributed by atoms with Crippen molar-refractivity contribution >= 4 is 35.1 Å². The fraction of sp³-hybridized carbons (Fsp3) is 0.115. The van der Waals surface area contributed by atoms with E-state index in [0.717, 1.165) is 10.5 Å². The van der Waals surface area contributed by atoms with Crippen LogP contribution < -0.4 is 15.4 Å². The molecule has 7 nitrogen and oxygen atoms in total. The molecule has 0 aliphatic heterocycles. The van der Waals surface area contributed by atoms with Crippen molar-refractivity contribution in [1.29, 1.82) is 0 Å². The molecule has 1 aromatic heterocycles. The van der Waals surface area contributed by atoms with E-state index in [1.165, 1.54) is 11.8 Å². The van der Waals surface area contributed by atoms with Crippen LogP contribution in [0.5, 0.6) is 5.75 Å². The van der Waals surface area contributed by atoms with E-state index in [1.54, 1.807) is 37.3 Å². The van der Waals surface area contributed by atoms with E-state index in [9.17, 15) is 9.59 Å². The normalized spacial score (nSPS) is 11.4. The number of para-hydroxylation sites is 1. The lowest BCUT2D eigenvalue weighted by Crippen LogP contribution is -2.20. The zero-order chi connectivity index (χ0) is 23.8. The average molecular weight is 474 g/mol. The summed E-state index contributed by atoms with van der Waals surface area (Å²) < 4.78 is 10.5. The zero-order valence-electron chi connectivity index (χ0n) is 18.4. The van der Waals surface area contributed by atoms with Gasteiger partial charge in [-0.2, -0.15) is 0 Å². The van der Waals surface area contributed by atoms with Gasteiger partial charge in [-0.3, -0.25) is 9.59 Å². The fourth-order valence-corrected chi connectivity index (χ4v) is 4.16. The minimum atomic E-state index is -0.502. The number of carbonyl (C=O) groups excluding carboxylic acids is 2. The van der Waals surface area contributed by atoms with E-state index in [-0.39, 0.29) is 18.4 Å². The number of thioether (sulfide) groups is 1. The van der Waals surface area contributed by atoms with Gasteiger partial charge in [0.25, 0.3) is 5.91 Å². The van der Waals surface area contributed by atoms with Crippen LogP contribution in [-0.4, -0.2) is 23.6 Å². The molecule has 1 unspecified atom stereocenters. The van der Waals surface area contributed by atoms with Crippen molar-refractivity contribution < 1.29 is 18.8 Å². The minimum absolute atomic E-state index is 0.0850. The first kappa shape index (κ1) is 23.1. The minimum Gasteiger partial charge on any atom is -0.484 e. The van der Waals surface area contributed by atoms with E-state index in [2.05, 4.69) is 15.8 Å². The van der Waals surface area contributed by atoms with Gasteiger partial charge in [-0.25, -0.2) is 0 Å². The predicted octanol–water partition coefficient (Wildman–Crippen LogP) is 5.47. The molecule has 0 saturated carbocycles. The number of anilines is 2. The number of benzene rings is 3. The van der Waals surface area contributed by atoms with Crippen LogP contribution in [0.4, 0.5) is 11.5 Å². The fourth-order valence-electron chi connectivity index (χ4n) is 3.13. The number of nitrogens with zero attached hydrogens (tertiary/aromatic N) is 1. The molecule has 1 heterocycles. The molecule has 2 N–H and O–H groups in total. The molecule has 4 rings (SSSR count). The highest BCUT2D eigenvalue weighted by Crippen LogP contribution is 2.36. The van der Waals surface area contributed by atoms with Crippen LogP contribution in [0.25, 0.3) is 0 Å². The summed E-state index contributed by atoms with van der Waals surface area (Å²) in [7, 11) is 0. The monoisotopic (exact) mass is 473 g/mol. The van der Waals surface area contributed by atoms with Crippen LogP contribution in [-0.2, 0) is 9.59 Å². The number of aromatic nitrogens is 1. The van der Waals surface area contributed by atoms with Gasteiger partial charge in [0.05, 0.1) is 0 Å². The van der Waals surface area contributed by atoms with Crippen molar-refractivity contribution in [1.82, 2.24) is 5.16 Å². The molecule has 172 valence electrons. The number of aryl methyl sites for hydroxylation is 1. The summed E-state index contributed by atoms with van der Waals surface area (Å²) in [6.07, 6.45) is 0. The number of rotatable bonds is 9.